The summed E-state index contributed by atoms with van der Waals surface area (Å²) >= 11 is -2.05. The van der Waals surface area contributed by atoms with Gasteiger partial charge < -0.3 is 0 Å². The number of hydrogen-bond donors (Lipinski definition) is 1. The first-order valence-corrected chi connectivity index (χ1v) is 15.3. The van der Waals surface area contributed by atoms with Crippen molar-refractivity contribution in [2.45, 2.75) is 27.0 Å². The molecule has 84 valence electrons. The molecule has 0 aromatic carbocycles. The Hall–Kier alpha value is -0.0713. The summed E-state index contributed by atoms with van der Waals surface area (Å²) in [6, 6.07) is 2.11. The van der Waals surface area contributed by atoms with Gasteiger partial charge in [0.2, 0.25) is 0 Å². The van der Waals surface area contributed by atoms with Gasteiger partial charge in [-0.15, -0.1) is 0 Å². The molecule has 2 rings (SSSR count). The maximum absolute atomic E-state index is 9.69. The van der Waals surface area contributed by atoms with Gasteiger partial charge in [-0.3, -0.25) is 0 Å². The van der Waals surface area contributed by atoms with E-state index in [1.54, 1.807) is 0 Å². The van der Waals surface area contributed by atoms with Crippen molar-refractivity contribution in [2.75, 3.05) is 13.2 Å². The Bertz CT molecular complexity index is 345. The summed E-state index contributed by atoms with van der Waals surface area (Å²) in [5, 5.41) is 14.3. The van der Waals surface area contributed by atoms with Crippen molar-refractivity contribution in [3.63, 3.8) is 0 Å². The Kier molecular flexibility index (Phi) is 3.09. The molecular weight excluding hydrogens is 299 g/mol. The maximum atomic E-state index is 9.69. The van der Waals surface area contributed by atoms with E-state index in [9.17, 15) is 5.11 Å². The van der Waals surface area contributed by atoms with Crippen LogP contribution < -0.4 is 3.71 Å². The fourth-order valence-corrected chi connectivity index (χ4v) is 4.53. The van der Waals surface area contributed by atoms with E-state index in [1.165, 1.54) is 3.71 Å². The average Bonchev–Trinajstić information content (AvgIpc) is 2.69. The van der Waals surface area contributed by atoms with Crippen molar-refractivity contribution >= 4 is 22.1 Å². The van der Waals surface area contributed by atoms with Crippen LogP contribution in [0.25, 0.3) is 0 Å². The van der Waals surface area contributed by atoms with Crippen LogP contribution in [0.1, 0.15) is 6.04 Å². The molecule has 0 unspecified atom stereocenters. The number of rotatable bonds is 2. The summed E-state index contributed by atoms with van der Waals surface area (Å²) in [7, 11) is 0. The van der Waals surface area contributed by atoms with E-state index < -0.39 is 24.5 Å². The van der Waals surface area contributed by atoms with Crippen LogP contribution in [0.15, 0.2) is 12.3 Å². The van der Waals surface area contributed by atoms with Crippen molar-refractivity contribution in [1.29, 1.82) is 0 Å². The average molecular weight is 317 g/mol. The number of hydrogen-bond acceptors (Lipinski definition) is 3. The molecule has 15 heavy (non-hydrogen) atoms. The van der Waals surface area contributed by atoms with E-state index in [-0.39, 0.29) is 6.04 Å². The number of aliphatic hydroxyl groups excluding tert-OH is 1. The molecule has 1 saturated heterocycles. The van der Waals surface area contributed by atoms with Crippen molar-refractivity contribution in [1.82, 2.24) is 9.78 Å². The van der Waals surface area contributed by atoms with Crippen molar-refractivity contribution in [3.8, 4) is 0 Å². The van der Waals surface area contributed by atoms with Gasteiger partial charge in [0.15, 0.2) is 0 Å². The SMILES string of the molecule is [CH3][Sn]([CH3])([CH3])[c]1ccn([C@H]2COC[C@H]2O)n1. The molecule has 0 radical (unpaired) electrons. The van der Waals surface area contributed by atoms with Gasteiger partial charge in [-0.1, -0.05) is 0 Å². The van der Waals surface area contributed by atoms with Crippen LogP contribution in [-0.2, 0) is 4.74 Å². The summed E-state index contributed by atoms with van der Waals surface area (Å²) in [4.78, 5) is 7.01. The summed E-state index contributed by atoms with van der Waals surface area (Å²) in [6.45, 7) is 1.00. The van der Waals surface area contributed by atoms with Crippen molar-refractivity contribution in [2.24, 2.45) is 0 Å². The van der Waals surface area contributed by atoms with Crippen LogP contribution >= 0.6 is 0 Å². The van der Waals surface area contributed by atoms with Crippen LogP contribution in [0, 0.1) is 0 Å². The number of aliphatic hydroxyl groups is 1. The van der Waals surface area contributed by atoms with Crippen molar-refractivity contribution in [3.05, 3.63) is 12.3 Å². The Balaban J connectivity index is 2.20. The first kappa shape index (κ1) is 11.4. The quantitative estimate of drug-likeness (QED) is 0.802. The van der Waals surface area contributed by atoms with Crippen LogP contribution in [0.5, 0.6) is 0 Å². The summed E-state index contributed by atoms with van der Waals surface area (Å²) in [5.41, 5.74) is 0. The third-order valence-corrected chi connectivity index (χ3v) is 7.89. The van der Waals surface area contributed by atoms with Gasteiger partial charge in [0.05, 0.1) is 0 Å². The van der Waals surface area contributed by atoms with Crippen LogP contribution in [0.3, 0.4) is 0 Å². The zero-order valence-electron chi connectivity index (χ0n) is 9.47. The van der Waals surface area contributed by atoms with Crippen LogP contribution in [0.2, 0.25) is 14.8 Å². The minimum absolute atomic E-state index is 0.00684. The molecule has 1 fully saturated rings. The Morgan fingerprint density at radius 3 is 2.67 bits per heavy atom. The fourth-order valence-electron chi connectivity index (χ4n) is 1.71. The normalized spacial score (nSPS) is 27.2. The second-order valence-corrected chi connectivity index (χ2v) is 19.4. The molecule has 1 aromatic heterocycles. The van der Waals surface area contributed by atoms with E-state index in [2.05, 4.69) is 26.0 Å². The van der Waals surface area contributed by atoms with Gasteiger partial charge in [0.1, 0.15) is 0 Å². The standard InChI is InChI=1S/C7H9N2O2.3CH3.Sn/c10-7-5-11-4-6(7)9-3-1-2-8-9;;;;/h1,3,6-7,10H,4-5H2;3*1H3;/t6-,7+;;;;/m0..../s1. The molecule has 5 heteroatoms. The molecule has 1 aliphatic rings. The molecule has 2 heterocycles. The number of nitrogens with zero attached hydrogens (tertiary/aromatic N) is 2. The molecule has 0 bridgehead atoms. The Morgan fingerprint density at radius 1 is 1.47 bits per heavy atom. The predicted octanol–water partition coefficient (Wildman–Crippen LogP) is 0.360. The predicted molar refractivity (Wildman–Crippen MR) is 61.1 cm³/mol. The summed E-state index contributed by atoms with van der Waals surface area (Å²) in [6.07, 6.45) is 1.56. The molecule has 1 N–H and O–H groups in total. The van der Waals surface area contributed by atoms with Gasteiger partial charge >= 0.3 is 94.2 Å². The number of ether oxygens (including phenoxy) is 1. The van der Waals surface area contributed by atoms with Gasteiger partial charge in [-0.25, -0.2) is 0 Å². The molecule has 0 spiro atoms. The van der Waals surface area contributed by atoms with Gasteiger partial charge in [-0.05, 0) is 0 Å². The van der Waals surface area contributed by atoms with Crippen LogP contribution in [-0.4, -0.2) is 52.6 Å². The second kappa shape index (κ2) is 4.07. The van der Waals surface area contributed by atoms with Crippen LogP contribution in [0.4, 0.5) is 0 Å². The topological polar surface area (TPSA) is 47.3 Å². The zero-order valence-corrected chi connectivity index (χ0v) is 12.3. The second-order valence-electron chi connectivity index (χ2n) is 5.10. The van der Waals surface area contributed by atoms with E-state index in [4.69, 9.17) is 4.74 Å². The summed E-state index contributed by atoms with van der Waals surface area (Å²) < 4.78 is 8.35. The van der Waals surface area contributed by atoms with Gasteiger partial charge in [0, 0.05) is 0 Å². The first-order chi connectivity index (χ1) is 6.98. The fraction of sp³-hybridized carbons (Fsp3) is 0.700. The molecule has 0 saturated carbocycles. The van der Waals surface area contributed by atoms with E-state index in [1.807, 2.05) is 10.9 Å². The molecule has 0 aliphatic carbocycles. The van der Waals surface area contributed by atoms with Gasteiger partial charge in [0.25, 0.3) is 0 Å². The monoisotopic (exact) mass is 318 g/mol. The molecular formula is C10H18N2O2Sn. The molecule has 1 aliphatic heterocycles. The molecule has 1 aromatic rings. The van der Waals surface area contributed by atoms with Gasteiger partial charge in [-0.2, -0.15) is 0 Å². The van der Waals surface area contributed by atoms with E-state index in [0.29, 0.717) is 13.2 Å². The Labute approximate surface area is 94.1 Å². The number of aromatic nitrogens is 2. The van der Waals surface area contributed by atoms with E-state index >= 15 is 0 Å². The van der Waals surface area contributed by atoms with E-state index in [0.717, 1.165) is 0 Å². The van der Waals surface area contributed by atoms with Crippen molar-refractivity contribution < 1.29 is 9.84 Å². The molecule has 4 nitrogen and oxygen atoms in total. The zero-order chi connectivity index (χ0) is 11.1. The molecule has 2 atom stereocenters. The molecule has 0 amide bonds. The third-order valence-electron chi connectivity index (χ3n) is 2.74. The first-order valence-electron chi connectivity index (χ1n) is 5.30. The third kappa shape index (κ3) is 2.37. The minimum atomic E-state index is -2.05. The Morgan fingerprint density at radius 2 is 2.20 bits per heavy atom. The summed E-state index contributed by atoms with van der Waals surface area (Å²) in [5.74, 6) is 0.